The molecule has 18 heteroatoms. The van der Waals surface area contributed by atoms with Crippen LogP contribution in [0.25, 0.3) is 22.2 Å². The molecule has 3 aliphatic rings. The predicted molar refractivity (Wildman–Crippen MR) is 151 cm³/mol. The highest BCUT2D eigenvalue weighted by atomic mass is 19.4. The fourth-order valence-electron chi connectivity index (χ4n) is 6.17. The number of nitrogens with two attached hydrogens (primary N) is 1. The number of nitrogens with one attached hydrogen (secondary N) is 2. The lowest BCUT2D eigenvalue weighted by Crippen LogP contribution is -2.46. The molecular formula is C28H31F7N8O3. The van der Waals surface area contributed by atoms with Crippen LogP contribution in [0.5, 0.6) is 11.9 Å². The molecule has 2 fully saturated rings. The van der Waals surface area contributed by atoms with Crippen molar-refractivity contribution in [3.05, 3.63) is 23.1 Å². The Labute approximate surface area is 258 Å². The summed E-state index contributed by atoms with van der Waals surface area (Å²) in [4.78, 5) is 18.3. The molecule has 6 rings (SSSR count). The Morgan fingerprint density at radius 1 is 1.04 bits per heavy atom. The number of halogens is 7. The fraction of sp³-hybridized carbons (Fsp3) is 0.571. The molecule has 11 nitrogen and oxygen atoms in total. The topological polar surface area (TPSA) is 133 Å². The predicted octanol–water partition coefficient (Wildman–Crippen LogP) is 4.09. The molecule has 0 spiro atoms. The van der Waals surface area contributed by atoms with Gasteiger partial charge >= 0.3 is 18.4 Å². The zero-order valence-corrected chi connectivity index (χ0v) is 24.6. The highest BCUT2D eigenvalue weighted by Gasteiger charge is 2.43. The van der Waals surface area contributed by atoms with E-state index in [9.17, 15) is 26.3 Å². The molecule has 2 saturated heterocycles. The molecule has 0 radical (unpaired) electrons. The molecule has 250 valence electrons. The number of rotatable bonds is 4. The SMILES string of the molecule is Cc1nc(N)cc(-c2nc3c4c(nc(OC[C@@H]5CC[C@H]6COCCN65)nc4c2F)NCCNCC[C@H](C(F)(F)F)O3)c1C(F)(F)F. The monoisotopic (exact) mass is 660 g/mol. The Hall–Kier alpha value is -3.77. The minimum absolute atomic E-state index is 0.0238. The Morgan fingerprint density at radius 3 is 2.61 bits per heavy atom. The van der Waals surface area contributed by atoms with Crippen LogP contribution >= 0.6 is 0 Å². The van der Waals surface area contributed by atoms with E-state index in [-0.39, 0.29) is 61.4 Å². The lowest BCUT2D eigenvalue weighted by molar-refractivity contribution is -0.196. The van der Waals surface area contributed by atoms with Crippen molar-refractivity contribution in [3.63, 3.8) is 0 Å². The van der Waals surface area contributed by atoms with Gasteiger partial charge < -0.3 is 30.6 Å². The molecule has 6 heterocycles. The van der Waals surface area contributed by atoms with Gasteiger partial charge in [0.2, 0.25) is 5.88 Å². The van der Waals surface area contributed by atoms with Gasteiger partial charge in [0.15, 0.2) is 11.9 Å². The third-order valence-corrected chi connectivity index (χ3v) is 8.27. The van der Waals surface area contributed by atoms with Gasteiger partial charge in [0.25, 0.3) is 0 Å². The van der Waals surface area contributed by atoms with E-state index in [0.717, 1.165) is 25.8 Å². The second-order valence-electron chi connectivity index (χ2n) is 11.3. The summed E-state index contributed by atoms with van der Waals surface area (Å²) < 4.78 is 118. The Balaban J connectivity index is 1.52. The van der Waals surface area contributed by atoms with Crippen molar-refractivity contribution >= 4 is 22.5 Å². The van der Waals surface area contributed by atoms with Crippen LogP contribution in [0.3, 0.4) is 0 Å². The molecule has 0 aliphatic carbocycles. The normalized spacial score (nSPS) is 22.9. The molecule has 3 aliphatic heterocycles. The summed E-state index contributed by atoms with van der Waals surface area (Å²) in [5.41, 5.74) is 1.35. The van der Waals surface area contributed by atoms with Crippen LogP contribution in [-0.4, -0.2) is 95.2 Å². The van der Waals surface area contributed by atoms with Crippen molar-refractivity contribution < 1.29 is 44.9 Å². The van der Waals surface area contributed by atoms with Crippen LogP contribution in [0, 0.1) is 12.7 Å². The van der Waals surface area contributed by atoms with Gasteiger partial charge in [-0.2, -0.15) is 36.3 Å². The molecule has 3 aromatic heterocycles. The number of nitrogen functional groups attached to an aromatic ring is 1. The number of fused-ring (bicyclic) bond motifs is 1. The summed E-state index contributed by atoms with van der Waals surface area (Å²) in [5, 5.41) is 5.41. The molecule has 0 unspecified atom stereocenters. The third-order valence-electron chi connectivity index (χ3n) is 8.27. The zero-order valence-electron chi connectivity index (χ0n) is 24.6. The van der Waals surface area contributed by atoms with Crippen molar-refractivity contribution in [2.24, 2.45) is 0 Å². The van der Waals surface area contributed by atoms with E-state index in [1.54, 1.807) is 0 Å². The Kier molecular flexibility index (Phi) is 8.71. The summed E-state index contributed by atoms with van der Waals surface area (Å²) in [5.74, 6) is -2.72. The summed E-state index contributed by atoms with van der Waals surface area (Å²) >= 11 is 0. The second-order valence-corrected chi connectivity index (χ2v) is 11.3. The van der Waals surface area contributed by atoms with Crippen molar-refractivity contribution in [2.45, 2.75) is 56.7 Å². The van der Waals surface area contributed by atoms with Crippen molar-refractivity contribution in [1.29, 1.82) is 0 Å². The average Bonchev–Trinajstić information content (AvgIpc) is 3.37. The first-order valence-corrected chi connectivity index (χ1v) is 14.7. The van der Waals surface area contributed by atoms with Crippen LogP contribution in [0.2, 0.25) is 0 Å². The molecular weight excluding hydrogens is 629 g/mol. The molecule has 0 bridgehead atoms. The number of ether oxygens (including phenoxy) is 3. The minimum atomic E-state index is -5.05. The minimum Gasteiger partial charge on any atom is -0.464 e. The summed E-state index contributed by atoms with van der Waals surface area (Å²) in [7, 11) is 0. The summed E-state index contributed by atoms with van der Waals surface area (Å²) in [6.45, 7) is 3.22. The van der Waals surface area contributed by atoms with E-state index in [1.807, 2.05) is 0 Å². The van der Waals surface area contributed by atoms with E-state index in [2.05, 4.69) is 35.5 Å². The van der Waals surface area contributed by atoms with Crippen molar-refractivity contribution in [3.8, 4) is 23.1 Å². The Morgan fingerprint density at radius 2 is 1.85 bits per heavy atom. The van der Waals surface area contributed by atoms with Crippen LogP contribution < -0.4 is 25.8 Å². The number of hydrogen-bond acceptors (Lipinski definition) is 11. The summed E-state index contributed by atoms with van der Waals surface area (Å²) in [6, 6.07) is 0.632. The zero-order chi connectivity index (χ0) is 32.8. The lowest BCUT2D eigenvalue weighted by atomic mass is 10.0. The summed E-state index contributed by atoms with van der Waals surface area (Å²) in [6.07, 6.45) is -11.3. The highest BCUT2D eigenvalue weighted by Crippen LogP contribution is 2.44. The number of morpholine rings is 1. The number of aromatic nitrogens is 4. The van der Waals surface area contributed by atoms with Gasteiger partial charge in [-0.05, 0) is 32.4 Å². The van der Waals surface area contributed by atoms with Gasteiger partial charge in [-0.3, -0.25) is 4.90 Å². The quantitative estimate of drug-likeness (QED) is 0.350. The van der Waals surface area contributed by atoms with E-state index in [4.69, 9.17) is 19.9 Å². The van der Waals surface area contributed by atoms with Crippen molar-refractivity contribution in [1.82, 2.24) is 30.2 Å². The van der Waals surface area contributed by atoms with E-state index in [1.165, 1.54) is 0 Å². The molecule has 3 aromatic rings. The first kappa shape index (κ1) is 32.2. The molecule has 3 atom stereocenters. The van der Waals surface area contributed by atoms with Gasteiger partial charge in [-0.1, -0.05) is 0 Å². The molecule has 46 heavy (non-hydrogen) atoms. The number of alkyl halides is 6. The second kappa shape index (κ2) is 12.4. The van der Waals surface area contributed by atoms with E-state index >= 15 is 4.39 Å². The van der Waals surface area contributed by atoms with Gasteiger partial charge in [0.05, 0.1) is 24.5 Å². The number of pyridine rings is 2. The van der Waals surface area contributed by atoms with Crippen LogP contribution in [-0.2, 0) is 10.9 Å². The lowest BCUT2D eigenvalue weighted by Gasteiger charge is -2.33. The first-order chi connectivity index (χ1) is 21.8. The average molecular weight is 661 g/mol. The van der Waals surface area contributed by atoms with Gasteiger partial charge in [0.1, 0.15) is 34.8 Å². The third kappa shape index (κ3) is 6.42. The highest BCUT2D eigenvalue weighted by molar-refractivity contribution is 5.96. The molecule has 0 amide bonds. The number of nitrogens with zero attached hydrogens (tertiary/aromatic N) is 5. The van der Waals surface area contributed by atoms with E-state index in [0.29, 0.717) is 19.8 Å². The maximum atomic E-state index is 16.5. The smallest absolute Gasteiger partial charge is 0.425 e. The molecule has 0 saturated carbocycles. The van der Waals surface area contributed by atoms with Gasteiger partial charge in [0, 0.05) is 43.7 Å². The number of aryl methyl sites for hydroxylation is 1. The van der Waals surface area contributed by atoms with E-state index < -0.39 is 64.6 Å². The number of hydrogen-bond donors (Lipinski definition) is 3. The molecule has 4 N–H and O–H groups in total. The standard InChI is InChI=1S/C28H31F7N8O3/c1-13-20(28(33,34)35)16(10-18(36)39-13)22-21(29)23-19-24(38-7-6-37-5-4-17(27(30,31)32)46-25(19)40-22)42-26(41-23)45-12-15-3-2-14-11-44-9-8-43(14)15/h10,14-15,17,37H,2-9,11-12H2,1H3,(H2,36,39)(H,38,41,42)/t14-,15-,17+/m0/s1. The van der Waals surface area contributed by atoms with Crippen LogP contribution in [0.15, 0.2) is 6.07 Å². The fourth-order valence-corrected chi connectivity index (χ4v) is 6.17. The number of anilines is 2. The first-order valence-electron chi connectivity index (χ1n) is 14.7. The van der Waals surface area contributed by atoms with Crippen molar-refractivity contribution in [2.75, 3.05) is 57.1 Å². The van der Waals surface area contributed by atoms with Crippen LogP contribution in [0.1, 0.15) is 30.5 Å². The Bertz CT molecular complexity index is 1610. The largest absolute Gasteiger partial charge is 0.464 e. The molecule has 0 aromatic carbocycles. The van der Waals surface area contributed by atoms with Gasteiger partial charge in [-0.25, -0.2) is 14.4 Å². The van der Waals surface area contributed by atoms with Crippen LogP contribution in [0.4, 0.5) is 42.4 Å². The van der Waals surface area contributed by atoms with Gasteiger partial charge in [-0.15, -0.1) is 0 Å². The maximum absolute atomic E-state index is 16.5. The maximum Gasteiger partial charge on any atom is 0.425 e.